The highest BCUT2D eigenvalue weighted by atomic mass is 16.2. The van der Waals surface area contributed by atoms with E-state index in [-0.39, 0.29) is 5.91 Å². The average molecular weight is 260 g/mol. The Morgan fingerprint density at radius 2 is 2.26 bits per heavy atom. The summed E-state index contributed by atoms with van der Waals surface area (Å²) in [5.41, 5.74) is 1.31. The molecule has 1 aromatic heterocycles. The summed E-state index contributed by atoms with van der Waals surface area (Å²) in [6.07, 6.45) is 4.26. The highest BCUT2D eigenvalue weighted by Crippen LogP contribution is 2.34. The van der Waals surface area contributed by atoms with Crippen LogP contribution in [0.4, 0.5) is 0 Å². The van der Waals surface area contributed by atoms with E-state index in [2.05, 4.69) is 22.2 Å². The fraction of sp³-hybridized carbons (Fsp3) is 0.643. The summed E-state index contributed by atoms with van der Waals surface area (Å²) in [6.45, 7) is 6.95. The van der Waals surface area contributed by atoms with Crippen molar-refractivity contribution in [2.45, 2.75) is 26.3 Å². The van der Waals surface area contributed by atoms with Gasteiger partial charge in [-0.2, -0.15) is 0 Å². The van der Waals surface area contributed by atoms with Crippen molar-refractivity contribution in [1.82, 2.24) is 20.2 Å². The number of amides is 1. The van der Waals surface area contributed by atoms with Crippen molar-refractivity contribution < 1.29 is 4.79 Å². The summed E-state index contributed by atoms with van der Waals surface area (Å²) < 4.78 is 0. The Balaban J connectivity index is 1.81. The van der Waals surface area contributed by atoms with E-state index in [1.54, 1.807) is 12.4 Å². The first-order valence-corrected chi connectivity index (χ1v) is 7.01. The number of aryl methyl sites for hydroxylation is 1. The van der Waals surface area contributed by atoms with Crippen LogP contribution in [0.2, 0.25) is 0 Å². The van der Waals surface area contributed by atoms with E-state index in [9.17, 15) is 4.79 Å². The maximum atomic E-state index is 12.6. The average Bonchev–Trinajstić information content (AvgIpc) is 2.98. The van der Waals surface area contributed by atoms with Crippen LogP contribution >= 0.6 is 0 Å². The Kier molecular flexibility index (Phi) is 3.22. The van der Waals surface area contributed by atoms with E-state index in [1.807, 2.05) is 11.8 Å². The van der Waals surface area contributed by atoms with Gasteiger partial charge in [-0.25, -0.2) is 4.98 Å². The van der Waals surface area contributed by atoms with Crippen molar-refractivity contribution in [1.29, 1.82) is 0 Å². The van der Waals surface area contributed by atoms with Crippen LogP contribution in [-0.2, 0) is 0 Å². The molecule has 0 radical (unpaired) electrons. The quantitative estimate of drug-likeness (QED) is 0.856. The third-order valence-electron chi connectivity index (χ3n) is 4.40. The minimum Gasteiger partial charge on any atom is -0.334 e. The molecule has 5 heteroatoms. The molecule has 3 rings (SSSR count). The lowest BCUT2D eigenvalue weighted by Gasteiger charge is -2.26. The van der Waals surface area contributed by atoms with Crippen LogP contribution in [-0.4, -0.2) is 46.5 Å². The first-order chi connectivity index (χ1) is 9.20. The Labute approximate surface area is 113 Å². The minimum absolute atomic E-state index is 0.0359. The zero-order valence-electron chi connectivity index (χ0n) is 11.5. The molecule has 0 saturated carbocycles. The standard InChI is InChI=1S/C14H20N4O/c1-3-13-11-6-15-5-10(11)8-18(13)14(19)12-7-16-9(2)4-17-12/h4,7,10-11,13,15H,3,5-6,8H2,1-2H3. The van der Waals surface area contributed by atoms with Gasteiger partial charge in [-0.15, -0.1) is 0 Å². The molecule has 1 N–H and O–H groups in total. The predicted molar refractivity (Wildman–Crippen MR) is 71.7 cm³/mol. The van der Waals surface area contributed by atoms with Gasteiger partial charge in [0.05, 0.1) is 11.9 Å². The summed E-state index contributed by atoms with van der Waals surface area (Å²) >= 11 is 0. The lowest BCUT2D eigenvalue weighted by molar-refractivity contribution is 0.0705. The van der Waals surface area contributed by atoms with Gasteiger partial charge >= 0.3 is 0 Å². The van der Waals surface area contributed by atoms with E-state index in [4.69, 9.17) is 0 Å². The van der Waals surface area contributed by atoms with Crippen LogP contribution in [0.5, 0.6) is 0 Å². The second-order valence-corrected chi connectivity index (χ2v) is 5.56. The lowest BCUT2D eigenvalue weighted by atomic mass is 9.93. The molecule has 3 atom stereocenters. The molecule has 2 aliphatic rings. The molecule has 0 bridgehead atoms. The Morgan fingerprint density at radius 3 is 2.95 bits per heavy atom. The fourth-order valence-electron chi connectivity index (χ4n) is 3.43. The SMILES string of the molecule is CCC1C2CNCC2CN1C(=O)c1cnc(C)cn1. The van der Waals surface area contributed by atoms with Crippen LogP contribution in [0.25, 0.3) is 0 Å². The molecule has 5 nitrogen and oxygen atoms in total. The molecule has 102 valence electrons. The van der Waals surface area contributed by atoms with E-state index in [0.29, 0.717) is 23.6 Å². The number of rotatable bonds is 2. The minimum atomic E-state index is 0.0359. The zero-order chi connectivity index (χ0) is 13.4. The van der Waals surface area contributed by atoms with Gasteiger partial charge in [-0.3, -0.25) is 9.78 Å². The first kappa shape index (κ1) is 12.5. The monoisotopic (exact) mass is 260 g/mol. The molecular weight excluding hydrogens is 240 g/mol. The van der Waals surface area contributed by atoms with Gasteiger partial charge in [0.25, 0.3) is 5.91 Å². The maximum absolute atomic E-state index is 12.6. The Hall–Kier alpha value is -1.49. The molecule has 3 unspecified atom stereocenters. The smallest absolute Gasteiger partial charge is 0.274 e. The van der Waals surface area contributed by atoms with Gasteiger partial charge in [0.15, 0.2) is 0 Å². The van der Waals surface area contributed by atoms with Gasteiger partial charge in [0.2, 0.25) is 0 Å². The molecular formula is C14H20N4O. The van der Waals surface area contributed by atoms with Crippen molar-refractivity contribution >= 4 is 5.91 Å². The van der Waals surface area contributed by atoms with Gasteiger partial charge in [0.1, 0.15) is 5.69 Å². The summed E-state index contributed by atoms with van der Waals surface area (Å²) in [5, 5.41) is 3.43. The van der Waals surface area contributed by atoms with E-state index >= 15 is 0 Å². The third kappa shape index (κ3) is 2.12. The topological polar surface area (TPSA) is 58.1 Å². The number of hydrogen-bond donors (Lipinski definition) is 1. The van der Waals surface area contributed by atoms with Crippen molar-refractivity contribution in [2.75, 3.05) is 19.6 Å². The number of hydrogen-bond acceptors (Lipinski definition) is 4. The number of likely N-dealkylation sites (tertiary alicyclic amines) is 1. The number of nitrogens with one attached hydrogen (secondary N) is 1. The summed E-state index contributed by atoms with van der Waals surface area (Å²) in [4.78, 5) is 23.0. The summed E-state index contributed by atoms with van der Waals surface area (Å²) in [5.74, 6) is 1.24. The number of carbonyl (C=O) groups excluding carboxylic acids is 1. The number of carbonyl (C=O) groups is 1. The molecule has 0 spiro atoms. The lowest BCUT2D eigenvalue weighted by Crippen LogP contribution is -2.40. The van der Waals surface area contributed by atoms with Crippen LogP contribution in [0.3, 0.4) is 0 Å². The molecule has 1 aromatic rings. The molecule has 2 saturated heterocycles. The maximum Gasteiger partial charge on any atom is 0.274 e. The second kappa shape index (κ2) is 4.89. The molecule has 2 fully saturated rings. The molecule has 1 amide bonds. The molecule has 3 heterocycles. The Morgan fingerprint density at radius 1 is 1.42 bits per heavy atom. The normalized spacial score (nSPS) is 29.6. The van der Waals surface area contributed by atoms with E-state index in [1.165, 1.54) is 0 Å². The van der Waals surface area contributed by atoms with Crippen molar-refractivity contribution in [3.63, 3.8) is 0 Å². The van der Waals surface area contributed by atoms with Crippen LogP contribution in [0.15, 0.2) is 12.4 Å². The van der Waals surface area contributed by atoms with E-state index < -0.39 is 0 Å². The number of fused-ring (bicyclic) bond motifs is 1. The fourth-order valence-corrected chi connectivity index (χ4v) is 3.43. The molecule has 2 aliphatic heterocycles. The largest absolute Gasteiger partial charge is 0.334 e. The van der Waals surface area contributed by atoms with Crippen LogP contribution < -0.4 is 5.32 Å². The highest BCUT2D eigenvalue weighted by molar-refractivity contribution is 5.92. The van der Waals surface area contributed by atoms with Crippen molar-refractivity contribution in [2.24, 2.45) is 11.8 Å². The van der Waals surface area contributed by atoms with Crippen LogP contribution in [0.1, 0.15) is 29.5 Å². The third-order valence-corrected chi connectivity index (χ3v) is 4.40. The predicted octanol–water partition coefficient (Wildman–Crippen LogP) is 0.855. The van der Waals surface area contributed by atoms with Gasteiger partial charge in [0, 0.05) is 31.9 Å². The second-order valence-electron chi connectivity index (χ2n) is 5.56. The zero-order valence-corrected chi connectivity index (χ0v) is 11.5. The number of aromatic nitrogens is 2. The summed E-state index contributed by atoms with van der Waals surface area (Å²) in [7, 11) is 0. The van der Waals surface area contributed by atoms with E-state index in [0.717, 1.165) is 31.7 Å². The number of nitrogens with zero attached hydrogens (tertiary/aromatic N) is 3. The Bertz CT molecular complexity index is 473. The van der Waals surface area contributed by atoms with Crippen molar-refractivity contribution in [3.05, 3.63) is 23.8 Å². The first-order valence-electron chi connectivity index (χ1n) is 7.01. The molecule has 0 aliphatic carbocycles. The molecule has 19 heavy (non-hydrogen) atoms. The highest BCUT2D eigenvalue weighted by Gasteiger charge is 2.45. The van der Waals surface area contributed by atoms with Gasteiger partial charge in [-0.05, 0) is 25.2 Å². The van der Waals surface area contributed by atoms with Crippen molar-refractivity contribution in [3.8, 4) is 0 Å². The molecule has 0 aromatic carbocycles. The summed E-state index contributed by atoms with van der Waals surface area (Å²) in [6, 6.07) is 0.343. The van der Waals surface area contributed by atoms with Gasteiger partial charge < -0.3 is 10.2 Å². The van der Waals surface area contributed by atoms with Crippen LogP contribution in [0, 0.1) is 18.8 Å². The van der Waals surface area contributed by atoms with Gasteiger partial charge in [-0.1, -0.05) is 6.92 Å².